The Kier molecular flexibility index (Phi) is 6.78. The van der Waals surface area contributed by atoms with Crippen molar-refractivity contribution < 1.29 is 19.2 Å². The molecule has 8 nitrogen and oxygen atoms in total. The Morgan fingerprint density at radius 1 is 1.20 bits per heavy atom. The predicted molar refractivity (Wildman–Crippen MR) is 110 cm³/mol. The Hall–Kier alpha value is -3.70. The highest BCUT2D eigenvalue weighted by molar-refractivity contribution is 5.98. The summed E-state index contributed by atoms with van der Waals surface area (Å²) in [5, 5.41) is 13.9. The molecule has 1 N–H and O–H groups in total. The number of hydrogen-bond acceptors (Lipinski definition) is 6. The van der Waals surface area contributed by atoms with Crippen LogP contribution in [-0.2, 0) is 27.3 Å². The van der Waals surface area contributed by atoms with Crippen LogP contribution < -0.4 is 5.32 Å². The maximum Gasteiger partial charge on any atom is 0.308 e. The molecule has 0 radical (unpaired) electrons. The van der Waals surface area contributed by atoms with Gasteiger partial charge in [-0.1, -0.05) is 42.3 Å². The Balaban J connectivity index is 1.82. The van der Waals surface area contributed by atoms with E-state index in [2.05, 4.69) is 11.2 Å². The fourth-order valence-corrected chi connectivity index (χ4v) is 3.46. The predicted octanol–water partition coefficient (Wildman–Crippen LogP) is 2.53. The third kappa shape index (κ3) is 5.01. The van der Waals surface area contributed by atoms with Gasteiger partial charge >= 0.3 is 5.97 Å². The quantitative estimate of drug-likeness (QED) is 0.328. The van der Waals surface area contributed by atoms with Crippen molar-refractivity contribution in [3.63, 3.8) is 0 Å². The zero-order chi connectivity index (χ0) is 21.5. The van der Waals surface area contributed by atoms with Crippen LogP contribution in [0.3, 0.4) is 0 Å². The van der Waals surface area contributed by atoms with Crippen molar-refractivity contribution in [2.24, 2.45) is 0 Å². The summed E-state index contributed by atoms with van der Waals surface area (Å²) in [4.78, 5) is 37.9. The first-order valence-corrected chi connectivity index (χ1v) is 9.43. The molecule has 1 amide bonds. The van der Waals surface area contributed by atoms with Gasteiger partial charge in [0.2, 0.25) is 5.91 Å². The molecule has 1 atom stereocenters. The minimum atomic E-state index is -0.858. The molecule has 30 heavy (non-hydrogen) atoms. The number of hydrogen-bond donors (Lipinski definition) is 1. The Morgan fingerprint density at radius 3 is 2.63 bits per heavy atom. The molecule has 2 aromatic carbocycles. The first-order valence-electron chi connectivity index (χ1n) is 9.43. The first kappa shape index (κ1) is 21.0. The second-order valence-electron chi connectivity index (χ2n) is 6.84. The summed E-state index contributed by atoms with van der Waals surface area (Å²) >= 11 is 0. The number of nitro benzene ring substituents is 1. The maximum atomic E-state index is 13.1. The maximum absolute atomic E-state index is 13.1. The number of ether oxygens (including phenoxy) is 1. The molecule has 0 saturated heterocycles. The summed E-state index contributed by atoms with van der Waals surface area (Å²) in [5.74, 6) is 1.11. The number of esters is 1. The highest BCUT2D eigenvalue weighted by atomic mass is 16.6. The van der Waals surface area contributed by atoms with Crippen molar-refractivity contribution in [1.82, 2.24) is 4.90 Å². The topological polar surface area (TPSA) is 102 Å². The van der Waals surface area contributed by atoms with Crippen molar-refractivity contribution in [2.45, 2.75) is 25.4 Å². The largest absolute Gasteiger partial charge is 0.452 e. The molecule has 0 saturated carbocycles. The van der Waals surface area contributed by atoms with Gasteiger partial charge in [-0.3, -0.25) is 24.6 Å². The molecule has 0 aromatic heterocycles. The van der Waals surface area contributed by atoms with Gasteiger partial charge in [0.05, 0.1) is 11.3 Å². The zero-order valence-electron chi connectivity index (χ0n) is 16.2. The van der Waals surface area contributed by atoms with E-state index in [0.717, 1.165) is 12.0 Å². The molecule has 0 fully saturated rings. The fraction of sp³-hybridized carbons (Fsp3) is 0.273. The molecule has 154 valence electrons. The van der Waals surface area contributed by atoms with Crippen LogP contribution in [0.1, 0.15) is 17.5 Å². The molecule has 1 heterocycles. The van der Waals surface area contributed by atoms with Gasteiger partial charge in [0.15, 0.2) is 6.61 Å². The van der Waals surface area contributed by atoms with Crippen LogP contribution in [0, 0.1) is 22.5 Å². The third-order valence-corrected chi connectivity index (χ3v) is 4.94. The van der Waals surface area contributed by atoms with Gasteiger partial charge in [-0.25, -0.2) is 0 Å². The highest BCUT2D eigenvalue weighted by Gasteiger charge is 2.32. The van der Waals surface area contributed by atoms with Crippen LogP contribution in [0.4, 0.5) is 11.4 Å². The summed E-state index contributed by atoms with van der Waals surface area (Å²) in [6.07, 6.45) is 5.64. The standard InChI is InChI=1S/C22H21N3O5/c1-2-13-30-21(26)14-20(24-12-11-16-7-3-4-8-17(16)15-24)22(27)23-18-9-5-6-10-19(18)25(28)29/h1,3-10,20H,11-15H2,(H,23,27)/t20-/m1/s1. The number of carbonyl (C=O) groups is 2. The molecule has 8 heteroatoms. The highest BCUT2D eigenvalue weighted by Crippen LogP contribution is 2.26. The summed E-state index contributed by atoms with van der Waals surface area (Å²) in [5.41, 5.74) is 2.13. The number of amides is 1. The summed E-state index contributed by atoms with van der Waals surface area (Å²) in [7, 11) is 0. The van der Waals surface area contributed by atoms with E-state index in [1.807, 2.05) is 29.2 Å². The van der Waals surface area contributed by atoms with Gasteiger partial charge in [-0.2, -0.15) is 0 Å². The summed E-state index contributed by atoms with van der Waals surface area (Å²) in [6, 6.07) is 12.9. The average Bonchev–Trinajstić information content (AvgIpc) is 2.75. The Bertz CT molecular complexity index is 998. The van der Waals surface area contributed by atoms with Crippen LogP contribution in [0.15, 0.2) is 48.5 Å². The van der Waals surface area contributed by atoms with E-state index in [1.54, 1.807) is 6.07 Å². The minimum absolute atomic E-state index is 0.0758. The van der Waals surface area contributed by atoms with Gasteiger partial charge in [0.25, 0.3) is 5.69 Å². The molecular formula is C22H21N3O5. The number of para-hydroxylation sites is 2. The number of carbonyl (C=O) groups excluding carboxylic acids is 2. The average molecular weight is 407 g/mol. The van der Waals surface area contributed by atoms with E-state index in [9.17, 15) is 19.7 Å². The molecular weight excluding hydrogens is 386 g/mol. The van der Waals surface area contributed by atoms with E-state index < -0.39 is 22.8 Å². The molecule has 3 rings (SSSR count). The van der Waals surface area contributed by atoms with Gasteiger partial charge in [-0.05, 0) is 23.6 Å². The van der Waals surface area contributed by atoms with Gasteiger partial charge in [-0.15, -0.1) is 6.42 Å². The van der Waals surface area contributed by atoms with Crippen molar-refractivity contribution in [1.29, 1.82) is 0 Å². The van der Waals surface area contributed by atoms with E-state index in [4.69, 9.17) is 11.2 Å². The van der Waals surface area contributed by atoms with Crippen molar-refractivity contribution in [3.05, 3.63) is 69.8 Å². The molecule has 0 aliphatic carbocycles. The van der Waals surface area contributed by atoms with Crippen LogP contribution in [0.25, 0.3) is 0 Å². The van der Waals surface area contributed by atoms with Gasteiger partial charge < -0.3 is 10.1 Å². The number of nitro groups is 1. The zero-order valence-corrected chi connectivity index (χ0v) is 16.2. The van der Waals surface area contributed by atoms with Crippen LogP contribution in [-0.4, -0.2) is 40.9 Å². The number of anilines is 1. The molecule has 0 spiro atoms. The lowest BCUT2D eigenvalue weighted by molar-refractivity contribution is -0.383. The molecule has 2 aromatic rings. The monoisotopic (exact) mass is 407 g/mol. The smallest absolute Gasteiger partial charge is 0.308 e. The SMILES string of the molecule is C#CCOC(=O)C[C@H](C(=O)Nc1ccccc1[N+](=O)[O-])N1CCc2ccccc2C1. The van der Waals surface area contributed by atoms with Gasteiger partial charge in [0.1, 0.15) is 11.7 Å². The first-order chi connectivity index (χ1) is 14.5. The number of benzene rings is 2. The normalized spacial score (nSPS) is 14.1. The van der Waals surface area contributed by atoms with E-state index >= 15 is 0 Å². The van der Waals surface area contributed by atoms with Crippen LogP contribution in [0.5, 0.6) is 0 Å². The summed E-state index contributed by atoms with van der Waals surface area (Å²) in [6.45, 7) is 0.863. The van der Waals surface area contributed by atoms with Crippen LogP contribution >= 0.6 is 0 Å². The van der Waals surface area contributed by atoms with Crippen molar-refractivity contribution in [2.75, 3.05) is 18.5 Å². The van der Waals surface area contributed by atoms with E-state index in [1.165, 1.54) is 23.8 Å². The van der Waals surface area contributed by atoms with Crippen molar-refractivity contribution >= 4 is 23.3 Å². The number of nitrogens with one attached hydrogen (secondary N) is 1. The van der Waals surface area contributed by atoms with E-state index in [0.29, 0.717) is 13.1 Å². The number of fused-ring (bicyclic) bond motifs is 1. The summed E-state index contributed by atoms with van der Waals surface area (Å²) < 4.78 is 4.95. The number of terminal acetylenes is 1. The molecule has 0 bridgehead atoms. The van der Waals surface area contributed by atoms with Crippen molar-refractivity contribution in [3.8, 4) is 12.3 Å². The number of nitrogens with zero attached hydrogens (tertiary/aromatic N) is 2. The lowest BCUT2D eigenvalue weighted by atomic mass is 9.97. The lowest BCUT2D eigenvalue weighted by Crippen LogP contribution is -2.47. The lowest BCUT2D eigenvalue weighted by Gasteiger charge is -2.34. The Morgan fingerprint density at radius 2 is 1.90 bits per heavy atom. The minimum Gasteiger partial charge on any atom is -0.452 e. The number of rotatable bonds is 7. The van der Waals surface area contributed by atoms with Gasteiger partial charge in [0, 0.05) is 19.2 Å². The molecule has 1 aliphatic heterocycles. The second-order valence-corrected chi connectivity index (χ2v) is 6.84. The van der Waals surface area contributed by atoms with E-state index in [-0.39, 0.29) is 24.4 Å². The molecule has 1 aliphatic rings. The second kappa shape index (κ2) is 9.67. The van der Waals surface area contributed by atoms with Crippen LogP contribution in [0.2, 0.25) is 0 Å². The third-order valence-electron chi connectivity index (χ3n) is 4.94. The Labute approximate surface area is 174 Å². The molecule has 0 unspecified atom stereocenters. The fourth-order valence-electron chi connectivity index (χ4n) is 3.46.